The number of halogens is 2. The maximum Gasteiger partial charge on any atom is 0.586 e. The van der Waals surface area contributed by atoms with Crippen LogP contribution in [0, 0.1) is 0 Å². The summed E-state index contributed by atoms with van der Waals surface area (Å²) in [4.78, 5) is 18.4. The lowest BCUT2D eigenvalue weighted by Crippen LogP contribution is -2.31. The first kappa shape index (κ1) is 28.1. The van der Waals surface area contributed by atoms with Gasteiger partial charge in [-0.05, 0) is 54.8 Å². The fourth-order valence-electron chi connectivity index (χ4n) is 5.13. The van der Waals surface area contributed by atoms with E-state index in [4.69, 9.17) is 14.5 Å². The molecule has 1 amide bonds. The first-order valence-corrected chi connectivity index (χ1v) is 15.2. The molecule has 0 spiro atoms. The number of hydrogen-bond donors (Lipinski definition) is 1. The van der Waals surface area contributed by atoms with Gasteiger partial charge in [-0.25, -0.2) is 13.4 Å². The number of methoxy groups -OCH3 is 1. The molecule has 220 valence electrons. The molecule has 3 aromatic carbocycles. The highest BCUT2D eigenvalue weighted by Crippen LogP contribution is 2.45. The van der Waals surface area contributed by atoms with Crippen LogP contribution in [0.25, 0.3) is 11.0 Å². The van der Waals surface area contributed by atoms with Gasteiger partial charge in [0.2, 0.25) is 0 Å². The van der Waals surface area contributed by atoms with Crippen molar-refractivity contribution >= 4 is 26.8 Å². The molecule has 0 bridgehead atoms. The molecular formula is C30H29F2N3O6S. The number of nitrogens with zero attached hydrogens (tertiary/aromatic N) is 2. The van der Waals surface area contributed by atoms with Gasteiger partial charge in [0.1, 0.15) is 5.82 Å². The molecule has 1 fully saturated rings. The minimum atomic E-state index is -3.72. The van der Waals surface area contributed by atoms with Crippen LogP contribution >= 0.6 is 0 Å². The van der Waals surface area contributed by atoms with Crippen molar-refractivity contribution in [2.75, 3.05) is 19.5 Å². The van der Waals surface area contributed by atoms with Crippen molar-refractivity contribution in [1.82, 2.24) is 14.9 Å². The van der Waals surface area contributed by atoms with Gasteiger partial charge in [-0.2, -0.15) is 0 Å². The Kier molecular flexibility index (Phi) is 7.14. The number of aromatic nitrogens is 2. The zero-order chi connectivity index (χ0) is 29.6. The van der Waals surface area contributed by atoms with Crippen molar-refractivity contribution in [1.29, 1.82) is 0 Å². The Hall–Kier alpha value is -4.03. The Morgan fingerprint density at radius 2 is 1.90 bits per heavy atom. The topological polar surface area (TPSA) is 109 Å². The van der Waals surface area contributed by atoms with Gasteiger partial charge in [0.25, 0.3) is 5.91 Å². The van der Waals surface area contributed by atoms with Gasteiger partial charge in [0.05, 0.1) is 40.9 Å². The molecule has 12 heteroatoms. The smallest absolute Gasteiger partial charge is 0.395 e. The largest absolute Gasteiger partial charge is 0.586 e. The second-order valence-electron chi connectivity index (χ2n) is 10.4. The normalized spacial score (nSPS) is 16.5. The van der Waals surface area contributed by atoms with Gasteiger partial charge in [-0.1, -0.05) is 31.2 Å². The number of carbonyl (C=O) groups is 1. The number of carbonyl (C=O) groups excluding carboxylic acids is 1. The number of amides is 1. The fraction of sp³-hybridized carbons (Fsp3) is 0.333. The molecule has 0 radical (unpaired) electrons. The molecule has 6 rings (SSSR count). The number of sulfone groups is 1. The predicted molar refractivity (Wildman–Crippen MR) is 150 cm³/mol. The van der Waals surface area contributed by atoms with E-state index in [2.05, 4.69) is 10.1 Å². The van der Waals surface area contributed by atoms with Crippen LogP contribution in [-0.4, -0.2) is 49.6 Å². The molecule has 1 aromatic heterocycles. The van der Waals surface area contributed by atoms with Crippen LogP contribution in [0.4, 0.5) is 8.78 Å². The third-order valence-corrected chi connectivity index (χ3v) is 9.23. The van der Waals surface area contributed by atoms with E-state index in [1.165, 1.54) is 25.3 Å². The Morgan fingerprint density at radius 1 is 1.14 bits per heavy atom. The van der Waals surface area contributed by atoms with Gasteiger partial charge in [-0.15, -0.1) is 8.78 Å². The number of ether oxygens (including phenoxy) is 3. The summed E-state index contributed by atoms with van der Waals surface area (Å²) in [5.74, 6) is 0.714. The Balaban J connectivity index is 1.27. The average Bonchev–Trinajstić information content (AvgIpc) is 3.68. The van der Waals surface area contributed by atoms with E-state index in [9.17, 15) is 22.0 Å². The van der Waals surface area contributed by atoms with Crippen molar-refractivity contribution in [3.05, 3.63) is 83.2 Å². The quantitative estimate of drug-likeness (QED) is 0.268. The number of nitrogens with one attached hydrogen (secondary N) is 1. The second kappa shape index (κ2) is 10.7. The lowest BCUT2D eigenvalue weighted by Gasteiger charge is -2.19. The molecule has 4 aromatic rings. The van der Waals surface area contributed by atoms with Crippen LogP contribution < -0.4 is 14.8 Å². The lowest BCUT2D eigenvalue weighted by atomic mass is 10.1. The molecule has 42 heavy (non-hydrogen) atoms. The van der Waals surface area contributed by atoms with Crippen LogP contribution in [0.15, 0.2) is 65.6 Å². The molecule has 2 aliphatic rings. The molecule has 9 nitrogen and oxygen atoms in total. The summed E-state index contributed by atoms with van der Waals surface area (Å²) in [5, 5.41) is 2.97. The summed E-state index contributed by atoms with van der Waals surface area (Å²) >= 11 is 0. The molecule has 1 aliphatic carbocycles. The molecule has 1 saturated carbocycles. The highest BCUT2D eigenvalue weighted by molar-refractivity contribution is 7.91. The number of imidazole rings is 1. The molecule has 1 N–H and O–H groups in total. The first-order chi connectivity index (χ1) is 20.1. The molecule has 1 aliphatic heterocycles. The summed E-state index contributed by atoms with van der Waals surface area (Å²) in [6.45, 7) is 2.01. The van der Waals surface area contributed by atoms with E-state index in [-0.39, 0.29) is 47.1 Å². The van der Waals surface area contributed by atoms with Gasteiger partial charge >= 0.3 is 6.29 Å². The number of fused-ring (bicyclic) bond motifs is 2. The predicted octanol–water partition coefficient (Wildman–Crippen LogP) is 5.19. The Bertz CT molecular complexity index is 1770. The molecule has 1 atom stereocenters. The van der Waals surface area contributed by atoms with Crippen LogP contribution in [0.2, 0.25) is 0 Å². The van der Waals surface area contributed by atoms with Crippen molar-refractivity contribution < 1.29 is 36.2 Å². The van der Waals surface area contributed by atoms with Gasteiger partial charge < -0.3 is 24.1 Å². The average molecular weight is 598 g/mol. The number of rotatable bonds is 10. The summed E-state index contributed by atoms with van der Waals surface area (Å²) in [6, 6.07) is 15.9. The van der Waals surface area contributed by atoms with Gasteiger partial charge in [-0.3, -0.25) is 4.79 Å². The summed E-state index contributed by atoms with van der Waals surface area (Å²) < 4.78 is 68.6. The number of benzene rings is 3. The van der Waals surface area contributed by atoms with E-state index < -0.39 is 22.2 Å². The van der Waals surface area contributed by atoms with Crippen molar-refractivity contribution in [2.45, 2.75) is 49.5 Å². The summed E-state index contributed by atoms with van der Waals surface area (Å²) in [5.41, 5.74) is 2.99. The summed E-state index contributed by atoms with van der Waals surface area (Å²) in [6.07, 6.45) is -1.77. The maximum atomic E-state index is 13.8. The van der Waals surface area contributed by atoms with Gasteiger partial charge in [0, 0.05) is 24.2 Å². The maximum absolute atomic E-state index is 13.8. The minimum Gasteiger partial charge on any atom is -0.395 e. The molecule has 1 unspecified atom stereocenters. The Morgan fingerprint density at radius 3 is 2.60 bits per heavy atom. The Labute approximate surface area is 241 Å². The molecule has 2 heterocycles. The van der Waals surface area contributed by atoms with Crippen LogP contribution in [-0.2, 0) is 21.1 Å². The SMILES string of the molecule is CCS(=O)(=O)c1ccc(C(COC)NC(=O)c2ccc3c(c2)nc(C2CC2)n3Cc2cccc3c2OC(F)(F)O3)cc1. The number of hydrogen-bond acceptors (Lipinski definition) is 7. The third kappa shape index (κ3) is 5.43. The van der Waals surface area contributed by atoms with Crippen LogP contribution in [0.1, 0.15) is 59.0 Å². The fourth-order valence-corrected chi connectivity index (χ4v) is 6.02. The minimum absolute atomic E-state index is 0.00301. The van der Waals surface area contributed by atoms with E-state index in [0.717, 1.165) is 24.2 Å². The zero-order valence-electron chi connectivity index (χ0n) is 23.0. The lowest BCUT2D eigenvalue weighted by molar-refractivity contribution is -0.286. The van der Waals surface area contributed by atoms with Crippen molar-refractivity contribution in [3.8, 4) is 11.5 Å². The standard InChI is InChI=1S/C30H29F2N3O6S/c1-3-42(37,38)22-12-9-18(10-13-22)24(17-39-2)34-29(36)20-11-14-25-23(15-20)33-28(19-7-8-19)35(25)16-21-5-4-6-26-27(21)41-30(31,32)40-26/h4-6,9-15,19,24H,3,7-8,16-17H2,1-2H3,(H,34,36). The second-order valence-corrected chi connectivity index (χ2v) is 12.7. The van der Waals surface area contributed by atoms with Crippen molar-refractivity contribution in [2.24, 2.45) is 0 Å². The van der Waals surface area contributed by atoms with Gasteiger partial charge in [0.15, 0.2) is 21.3 Å². The highest BCUT2D eigenvalue weighted by atomic mass is 32.2. The van der Waals surface area contributed by atoms with E-state index in [1.54, 1.807) is 49.4 Å². The monoisotopic (exact) mass is 597 g/mol. The third-order valence-electron chi connectivity index (χ3n) is 7.48. The molecule has 0 saturated heterocycles. The summed E-state index contributed by atoms with van der Waals surface area (Å²) in [7, 11) is -1.82. The first-order valence-electron chi connectivity index (χ1n) is 13.6. The molecular weight excluding hydrogens is 568 g/mol. The van der Waals surface area contributed by atoms with E-state index in [1.807, 2.05) is 4.57 Å². The zero-order valence-corrected chi connectivity index (χ0v) is 23.8. The van der Waals surface area contributed by atoms with Crippen LogP contribution in [0.3, 0.4) is 0 Å². The van der Waals surface area contributed by atoms with E-state index >= 15 is 0 Å². The number of alkyl halides is 2. The van der Waals surface area contributed by atoms with Crippen molar-refractivity contribution in [3.63, 3.8) is 0 Å². The van der Waals surface area contributed by atoms with E-state index in [0.29, 0.717) is 22.2 Å². The highest BCUT2D eigenvalue weighted by Gasteiger charge is 2.44. The van der Waals surface area contributed by atoms with Crippen LogP contribution in [0.5, 0.6) is 11.5 Å². The number of para-hydroxylation sites is 1.